The fraction of sp³-hybridized carbons (Fsp3) is 0.390. The molecule has 5 aliphatic carbocycles. The highest BCUT2D eigenvalue weighted by Gasteiger charge is 2.32. The maximum absolute atomic E-state index is 14.8. The summed E-state index contributed by atoms with van der Waals surface area (Å²) < 4.78 is 70.5. The molecular weight excluding hydrogens is 1620 g/mol. The molecule has 0 atom stereocenters. The van der Waals surface area contributed by atoms with E-state index in [1.54, 1.807) is 24.3 Å². The van der Waals surface area contributed by atoms with Gasteiger partial charge in [0.25, 0.3) is 0 Å². The van der Waals surface area contributed by atoms with Gasteiger partial charge in [0.05, 0.1) is 10.8 Å². The van der Waals surface area contributed by atoms with Gasteiger partial charge in [0, 0.05) is 116 Å². The quantitative estimate of drug-likeness (QED) is 0.0960. The Hall–Kier alpha value is -11.0. The monoisotopic (exact) mass is 1770 g/mol. The lowest BCUT2D eigenvalue weighted by atomic mass is 9.82. The number of nitrogens with zero attached hydrogens (tertiary/aromatic N) is 5. The Bertz CT molecular complexity index is 6680. The van der Waals surface area contributed by atoms with Gasteiger partial charge in [-0.05, 0) is 336 Å². The van der Waals surface area contributed by atoms with Crippen molar-refractivity contribution in [2.45, 2.75) is 280 Å². The minimum atomic E-state index is -0.0381. The summed E-state index contributed by atoms with van der Waals surface area (Å²) in [7, 11) is 10.6. The van der Waals surface area contributed by atoms with Crippen molar-refractivity contribution in [3.8, 4) is 56.3 Å². The molecule has 0 bridgehead atoms. The van der Waals surface area contributed by atoms with Crippen molar-refractivity contribution < 1.29 is 40.4 Å². The van der Waals surface area contributed by atoms with Crippen LogP contribution in [0.25, 0.3) is 111 Å². The molecule has 15 aromatic rings. The van der Waals surface area contributed by atoms with Crippen molar-refractivity contribution in [1.82, 2.24) is 0 Å². The number of hydrogen-bond donors (Lipinski definition) is 0. The van der Waals surface area contributed by atoms with Crippen molar-refractivity contribution >= 4 is 54.5 Å². The molecule has 5 nitrogen and oxygen atoms in total. The topological polar surface area (TPSA) is 19.4 Å². The van der Waals surface area contributed by atoms with Gasteiger partial charge in [0.1, 0.15) is 58.5 Å². The second kappa shape index (κ2) is 41.2. The Morgan fingerprint density at radius 1 is 0.212 bits per heavy atom. The van der Waals surface area contributed by atoms with Crippen LogP contribution < -0.4 is 22.8 Å². The van der Waals surface area contributed by atoms with Gasteiger partial charge in [0.15, 0.2) is 0 Å². The Labute approximate surface area is 785 Å². The van der Waals surface area contributed by atoms with Crippen LogP contribution in [-0.2, 0) is 35.2 Å². The summed E-state index contributed by atoms with van der Waals surface area (Å²) in [5.41, 5.74) is 40.4. The van der Waals surface area contributed by atoms with E-state index in [0.29, 0.717) is 23.7 Å². The molecule has 0 unspecified atom stereocenters. The number of rotatable bonds is 10. The third-order valence-electron chi connectivity index (χ3n) is 31.3. The highest BCUT2D eigenvalue weighted by molar-refractivity contribution is 5.86. The summed E-state index contributed by atoms with van der Waals surface area (Å²) in [5.74, 6) is 2.06. The van der Waals surface area contributed by atoms with Gasteiger partial charge in [-0.25, -0.2) is 17.6 Å². The van der Waals surface area contributed by atoms with E-state index in [-0.39, 0.29) is 23.3 Å². The molecule has 20 rings (SSSR count). The second-order valence-corrected chi connectivity index (χ2v) is 40.4. The van der Waals surface area contributed by atoms with Crippen LogP contribution in [0.15, 0.2) is 200 Å². The van der Waals surface area contributed by atoms with E-state index in [2.05, 4.69) is 312 Å². The summed E-state index contributed by atoms with van der Waals surface area (Å²) in [4.78, 5) is 0. The zero-order chi connectivity index (χ0) is 93.0. The van der Waals surface area contributed by atoms with Crippen molar-refractivity contribution in [2.75, 3.05) is 0 Å². The number of hydrogen-bond acceptors (Lipinski definition) is 0. The molecule has 0 aliphatic heterocycles. The van der Waals surface area contributed by atoms with Crippen LogP contribution in [0, 0.1) is 113 Å². The molecule has 10 aromatic carbocycles. The maximum atomic E-state index is 14.8. The molecule has 5 fully saturated rings. The van der Waals surface area contributed by atoms with Gasteiger partial charge in [-0.1, -0.05) is 173 Å². The SMILES string of the molecule is Cc1cc(C)c(C)c(-c2ccc3c(C4CCCCC4)c(F)ccc3[n+]2C)c1.Cc1cc(C)c(C)c(-c2ccc3cc(F)c(C4CCCCC4)cc3[n+]2C)c1.Cc1cc(C)c(C)c(-c2ccc3ccc(C4CCCCC4)cc3[n+]2C)c1.Cc1ccc(C)c(-c2ccc3c(C4CCCCC4)c(F)ccc3[n+]2C)c1.Cc1ccc(C)c(-c2ccc3cc(F)c(C4CCCCC4)cc3[n+]2C)c1. The zero-order valence-corrected chi connectivity index (χ0v) is 82.4. The van der Waals surface area contributed by atoms with Gasteiger partial charge in [-0.2, -0.15) is 22.8 Å². The lowest BCUT2D eigenvalue weighted by molar-refractivity contribution is -0.633. The van der Waals surface area contributed by atoms with Gasteiger partial charge in [-0.15, -0.1) is 0 Å². The van der Waals surface area contributed by atoms with E-state index in [4.69, 9.17) is 0 Å². The van der Waals surface area contributed by atoms with E-state index in [9.17, 15) is 17.6 Å². The van der Waals surface area contributed by atoms with Crippen LogP contribution >= 0.6 is 0 Å². The molecule has 682 valence electrons. The first-order chi connectivity index (χ1) is 63.6. The molecule has 9 heteroatoms. The lowest BCUT2D eigenvalue weighted by Crippen LogP contribution is -2.32. The van der Waals surface area contributed by atoms with Crippen molar-refractivity contribution in [2.24, 2.45) is 35.2 Å². The Kier molecular flexibility index (Phi) is 29.4. The van der Waals surface area contributed by atoms with Gasteiger partial charge in [0.2, 0.25) is 56.1 Å². The molecule has 0 spiro atoms. The fourth-order valence-electron chi connectivity index (χ4n) is 23.2. The summed E-state index contributed by atoms with van der Waals surface area (Å²) in [6.45, 7) is 28.2. The Morgan fingerprint density at radius 3 is 0.856 bits per heavy atom. The van der Waals surface area contributed by atoms with Crippen molar-refractivity contribution in [1.29, 1.82) is 0 Å². The first-order valence-electron chi connectivity index (χ1n) is 49.9. The molecule has 5 aliphatic rings. The average molecular weight is 1770 g/mol. The first kappa shape index (κ1) is 94.2. The number of aryl methyl sites for hydroxylation is 15. The lowest BCUT2D eigenvalue weighted by Gasteiger charge is -2.23. The third-order valence-corrected chi connectivity index (χ3v) is 31.3. The summed E-state index contributed by atoms with van der Waals surface area (Å²) in [6.07, 6.45) is 30.7. The number of aromatic nitrogens is 5. The zero-order valence-electron chi connectivity index (χ0n) is 82.4. The molecule has 0 radical (unpaired) electrons. The van der Waals surface area contributed by atoms with Crippen LogP contribution in [0.4, 0.5) is 17.6 Å². The number of benzene rings is 10. The molecular formula is C123H142F4N5+5. The molecule has 0 saturated heterocycles. The molecule has 5 aromatic heterocycles. The van der Waals surface area contributed by atoms with Crippen LogP contribution in [-0.4, -0.2) is 0 Å². The number of fused-ring (bicyclic) bond motifs is 5. The van der Waals surface area contributed by atoms with Crippen LogP contribution in [0.5, 0.6) is 0 Å². The van der Waals surface area contributed by atoms with Gasteiger partial charge >= 0.3 is 0 Å². The number of pyridine rings is 5. The molecule has 5 saturated carbocycles. The van der Waals surface area contributed by atoms with Gasteiger partial charge in [-0.3, -0.25) is 0 Å². The Morgan fingerprint density at radius 2 is 0.500 bits per heavy atom. The van der Waals surface area contributed by atoms with E-state index >= 15 is 0 Å². The van der Waals surface area contributed by atoms with Gasteiger partial charge < -0.3 is 0 Å². The number of halogens is 4. The smallest absolute Gasteiger partial charge is 0.207 e. The predicted molar refractivity (Wildman–Crippen MR) is 543 cm³/mol. The van der Waals surface area contributed by atoms with Crippen molar-refractivity contribution in [3.63, 3.8) is 0 Å². The predicted octanol–water partition coefficient (Wildman–Crippen LogP) is 31.5. The first-order valence-corrected chi connectivity index (χ1v) is 49.9. The summed E-state index contributed by atoms with van der Waals surface area (Å²) in [5, 5.41) is 5.43. The van der Waals surface area contributed by atoms with E-state index in [0.717, 1.165) is 123 Å². The van der Waals surface area contributed by atoms with E-state index in [1.807, 2.05) is 12.1 Å². The molecule has 5 heterocycles. The highest BCUT2D eigenvalue weighted by Crippen LogP contribution is 2.44. The minimum absolute atomic E-state index is 0.0373. The normalized spacial score (nSPS) is 15.5. The molecule has 132 heavy (non-hydrogen) atoms. The average Bonchev–Trinajstić information content (AvgIpc) is 0.824. The maximum Gasteiger partial charge on any atom is 0.213 e. The third kappa shape index (κ3) is 20.1. The van der Waals surface area contributed by atoms with Crippen LogP contribution in [0.1, 0.15) is 290 Å². The van der Waals surface area contributed by atoms with Crippen LogP contribution in [0.3, 0.4) is 0 Å². The fourth-order valence-corrected chi connectivity index (χ4v) is 23.2. The summed E-state index contributed by atoms with van der Waals surface area (Å²) >= 11 is 0. The van der Waals surface area contributed by atoms with Crippen LogP contribution in [0.2, 0.25) is 0 Å². The van der Waals surface area contributed by atoms with Crippen molar-refractivity contribution in [3.05, 3.63) is 324 Å². The standard InChI is InChI=1S/2C25H29FN.C25H30N.2C24H27FN/c1-16-14-17(2)18(3)21(15-16)24-12-10-20-23(27(24)4)13-11-22(26)25(20)19-8-6-5-7-9-19;1-16-12-17(2)18(3)21(13-16)24-11-10-20-14-23(26)22(15-25(20)27(24)4)19-8-6-5-7-9-19;1-17-14-18(2)19(3)23(15-17)24-13-12-21-10-11-22(16-25(21)26(24)4)20-8-6-5-7-9-20;1-16-9-10-17(2)20(15-16)23-13-11-19-22(26(23)3)14-12-21(25)24(19)18-7-5-4-6-8-18;1-16-9-10-17(2)20(13-16)23-12-11-19-14-22(25)21(15-24(19)26(23)3)18-7-5-4-6-8-18/h2*10-15,19H,5-9H2,1-4H3;10-16,20H,5-9H2,1-4H3;2*9-15,18H,4-8H2,1-3H3/q5*+1. The molecule has 0 amide bonds. The largest absolute Gasteiger partial charge is 0.213 e. The summed E-state index contributed by atoms with van der Waals surface area (Å²) in [6, 6.07) is 70.3. The van der Waals surface area contributed by atoms with E-state index < -0.39 is 0 Å². The van der Waals surface area contributed by atoms with E-state index in [1.165, 1.54) is 254 Å². The molecule has 0 N–H and O–H groups in total. The second-order valence-electron chi connectivity index (χ2n) is 40.4. The highest BCUT2D eigenvalue weighted by atomic mass is 19.1. The Balaban J connectivity index is 0.000000120. The minimum Gasteiger partial charge on any atom is -0.207 e.